The van der Waals surface area contributed by atoms with Crippen LogP contribution in [0.5, 0.6) is 0 Å². The molecule has 1 aromatic rings. The Bertz CT molecular complexity index is 462. The normalized spacial score (nSPS) is 23.7. The first-order valence-corrected chi connectivity index (χ1v) is 7.59. The highest BCUT2D eigenvalue weighted by Crippen LogP contribution is 2.24. The van der Waals surface area contributed by atoms with Gasteiger partial charge in [-0.05, 0) is 49.4 Å². The Balaban J connectivity index is 1.42. The van der Waals surface area contributed by atoms with Crippen LogP contribution in [0.4, 0.5) is 13.2 Å². The minimum Gasteiger partial charge on any atom is -0.313 e. The molecule has 1 atom stereocenters. The van der Waals surface area contributed by atoms with Crippen molar-refractivity contribution in [1.82, 2.24) is 10.2 Å². The average Bonchev–Trinajstić information content (AvgIpc) is 3.00. The van der Waals surface area contributed by atoms with E-state index in [1.807, 2.05) is 0 Å². The molecule has 0 amide bonds. The van der Waals surface area contributed by atoms with Gasteiger partial charge in [-0.15, -0.1) is 0 Å². The van der Waals surface area contributed by atoms with E-state index in [1.54, 1.807) is 0 Å². The van der Waals surface area contributed by atoms with Gasteiger partial charge in [-0.2, -0.15) is 13.2 Å². The number of likely N-dealkylation sites (tertiary alicyclic amines) is 1. The number of fused-ring (bicyclic) bond motifs is 1. The van der Waals surface area contributed by atoms with E-state index < -0.39 is 12.7 Å². The van der Waals surface area contributed by atoms with E-state index >= 15 is 0 Å². The van der Waals surface area contributed by atoms with E-state index in [1.165, 1.54) is 16.0 Å². The summed E-state index contributed by atoms with van der Waals surface area (Å²) in [5.41, 5.74) is 2.81. The lowest BCUT2D eigenvalue weighted by atomic mass is 10.1. The van der Waals surface area contributed by atoms with Gasteiger partial charge in [0, 0.05) is 12.6 Å². The number of nitrogens with one attached hydrogen (secondary N) is 1. The molecule has 1 heterocycles. The Morgan fingerprint density at radius 2 is 1.81 bits per heavy atom. The Hall–Kier alpha value is -1.07. The van der Waals surface area contributed by atoms with Crippen molar-refractivity contribution >= 4 is 0 Å². The average molecular weight is 298 g/mol. The zero-order chi connectivity index (χ0) is 14.9. The van der Waals surface area contributed by atoms with Crippen molar-refractivity contribution in [3.05, 3.63) is 35.4 Å². The van der Waals surface area contributed by atoms with Gasteiger partial charge in [0.25, 0.3) is 0 Å². The van der Waals surface area contributed by atoms with Crippen LogP contribution in [0.25, 0.3) is 0 Å². The van der Waals surface area contributed by atoms with Gasteiger partial charge in [-0.1, -0.05) is 24.3 Å². The molecular formula is C16H21F3N2. The largest absolute Gasteiger partial charge is 0.401 e. The molecule has 0 spiro atoms. The molecule has 1 saturated heterocycles. The van der Waals surface area contributed by atoms with Crippen molar-refractivity contribution in [1.29, 1.82) is 0 Å². The van der Waals surface area contributed by atoms with E-state index in [9.17, 15) is 13.2 Å². The number of rotatable bonds is 4. The molecule has 0 aromatic heterocycles. The summed E-state index contributed by atoms with van der Waals surface area (Å²) in [5.74, 6) is 0.344. The lowest BCUT2D eigenvalue weighted by Gasteiger charge is -2.19. The SMILES string of the molecule is FC(F)(F)CN1CCC(CNC2Cc3ccccc3C2)C1. The minimum atomic E-state index is -4.07. The number of hydrogen-bond acceptors (Lipinski definition) is 2. The molecule has 5 heteroatoms. The second kappa shape index (κ2) is 5.97. The number of benzene rings is 1. The molecule has 116 valence electrons. The Morgan fingerprint density at radius 1 is 1.14 bits per heavy atom. The number of hydrogen-bond donors (Lipinski definition) is 1. The van der Waals surface area contributed by atoms with E-state index in [2.05, 4.69) is 29.6 Å². The first-order valence-electron chi connectivity index (χ1n) is 7.59. The van der Waals surface area contributed by atoms with Gasteiger partial charge in [0.05, 0.1) is 6.54 Å². The predicted molar refractivity (Wildman–Crippen MR) is 76.2 cm³/mol. The first-order chi connectivity index (χ1) is 9.99. The van der Waals surface area contributed by atoms with Gasteiger partial charge in [-0.3, -0.25) is 4.90 Å². The second-order valence-electron chi connectivity index (χ2n) is 6.29. The summed E-state index contributed by atoms with van der Waals surface area (Å²) in [5, 5.41) is 3.55. The van der Waals surface area contributed by atoms with E-state index in [-0.39, 0.29) is 0 Å². The number of nitrogens with zero attached hydrogens (tertiary/aromatic N) is 1. The zero-order valence-corrected chi connectivity index (χ0v) is 12.0. The summed E-state index contributed by atoms with van der Waals surface area (Å²) in [6.45, 7) is 1.19. The fourth-order valence-electron chi connectivity index (χ4n) is 3.51. The lowest BCUT2D eigenvalue weighted by molar-refractivity contribution is -0.143. The van der Waals surface area contributed by atoms with Crippen molar-refractivity contribution < 1.29 is 13.2 Å². The van der Waals surface area contributed by atoms with Crippen LogP contribution in [-0.2, 0) is 12.8 Å². The van der Waals surface area contributed by atoms with Crippen LogP contribution in [-0.4, -0.2) is 43.3 Å². The Morgan fingerprint density at radius 3 is 2.43 bits per heavy atom. The van der Waals surface area contributed by atoms with Crippen molar-refractivity contribution in [2.45, 2.75) is 31.5 Å². The summed E-state index contributed by atoms with van der Waals surface area (Å²) in [6, 6.07) is 8.90. The molecule has 21 heavy (non-hydrogen) atoms. The third kappa shape index (κ3) is 3.98. The molecule has 1 aromatic carbocycles. The van der Waals surface area contributed by atoms with Crippen molar-refractivity contribution in [3.63, 3.8) is 0 Å². The van der Waals surface area contributed by atoms with Gasteiger partial charge in [0.15, 0.2) is 0 Å². The fraction of sp³-hybridized carbons (Fsp3) is 0.625. The maximum absolute atomic E-state index is 12.4. The van der Waals surface area contributed by atoms with Crippen LogP contribution in [0, 0.1) is 5.92 Å². The molecule has 2 nitrogen and oxygen atoms in total. The smallest absolute Gasteiger partial charge is 0.313 e. The highest BCUT2D eigenvalue weighted by atomic mass is 19.4. The maximum atomic E-state index is 12.4. The van der Waals surface area contributed by atoms with Crippen molar-refractivity contribution in [2.24, 2.45) is 5.92 Å². The van der Waals surface area contributed by atoms with Crippen LogP contribution in [0.15, 0.2) is 24.3 Å². The highest BCUT2D eigenvalue weighted by molar-refractivity contribution is 5.33. The summed E-state index contributed by atoms with van der Waals surface area (Å²) in [6.07, 6.45) is -1.14. The van der Waals surface area contributed by atoms with Crippen LogP contribution in [0.3, 0.4) is 0 Å². The second-order valence-corrected chi connectivity index (χ2v) is 6.29. The Kier molecular flexibility index (Phi) is 4.22. The van der Waals surface area contributed by atoms with Crippen LogP contribution >= 0.6 is 0 Å². The lowest BCUT2D eigenvalue weighted by Crippen LogP contribution is -2.36. The van der Waals surface area contributed by atoms with Gasteiger partial charge in [0.1, 0.15) is 0 Å². The Labute approximate surface area is 123 Å². The molecule has 2 aliphatic rings. The molecule has 0 saturated carbocycles. The maximum Gasteiger partial charge on any atom is 0.401 e. The molecular weight excluding hydrogens is 277 g/mol. The number of halogens is 3. The minimum absolute atomic E-state index is 0.344. The zero-order valence-electron chi connectivity index (χ0n) is 12.0. The quantitative estimate of drug-likeness (QED) is 0.919. The highest BCUT2D eigenvalue weighted by Gasteiger charge is 2.34. The summed E-state index contributed by atoms with van der Waals surface area (Å²) >= 11 is 0. The van der Waals surface area contributed by atoms with Crippen LogP contribution in [0.1, 0.15) is 17.5 Å². The van der Waals surface area contributed by atoms with Gasteiger partial charge >= 0.3 is 6.18 Å². The van der Waals surface area contributed by atoms with Gasteiger partial charge in [-0.25, -0.2) is 0 Å². The number of alkyl halides is 3. The van der Waals surface area contributed by atoms with E-state index in [0.29, 0.717) is 25.0 Å². The summed E-state index contributed by atoms with van der Waals surface area (Å²) in [7, 11) is 0. The standard InChI is InChI=1S/C16H21F3N2/c17-16(18,19)11-21-6-5-12(10-21)9-20-15-7-13-3-1-2-4-14(13)8-15/h1-4,12,15,20H,5-11H2. The van der Waals surface area contributed by atoms with Crippen molar-refractivity contribution in [2.75, 3.05) is 26.2 Å². The molecule has 1 aliphatic heterocycles. The molecule has 0 bridgehead atoms. The predicted octanol–water partition coefficient (Wildman–Crippen LogP) is 2.63. The van der Waals surface area contributed by atoms with E-state index in [0.717, 1.165) is 25.8 Å². The van der Waals surface area contributed by atoms with Gasteiger partial charge < -0.3 is 5.32 Å². The van der Waals surface area contributed by atoms with Crippen molar-refractivity contribution in [3.8, 4) is 0 Å². The van der Waals surface area contributed by atoms with Crippen LogP contribution < -0.4 is 5.32 Å². The fourth-order valence-corrected chi connectivity index (χ4v) is 3.51. The molecule has 1 fully saturated rings. The molecule has 1 N–H and O–H groups in total. The summed E-state index contributed by atoms with van der Waals surface area (Å²) < 4.78 is 37.1. The molecule has 0 radical (unpaired) electrons. The third-order valence-electron chi connectivity index (χ3n) is 4.52. The van der Waals surface area contributed by atoms with Crippen LogP contribution in [0.2, 0.25) is 0 Å². The molecule has 3 rings (SSSR count). The van der Waals surface area contributed by atoms with Gasteiger partial charge in [0.2, 0.25) is 0 Å². The monoisotopic (exact) mass is 298 g/mol. The molecule has 1 unspecified atom stereocenters. The topological polar surface area (TPSA) is 15.3 Å². The first kappa shape index (κ1) is 14.9. The molecule has 1 aliphatic carbocycles. The summed E-state index contributed by atoms with van der Waals surface area (Å²) in [4.78, 5) is 1.52. The van der Waals surface area contributed by atoms with E-state index in [4.69, 9.17) is 0 Å². The third-order valence-corrected chi connectivity index (χ3v) is 4.52.